The number of nitriles is 1. The first kappa shape index (κ1) is 17.9. The van der Waals surface area contributed by atoms with Gasteiger partial charge in [0.15, 0.2) is 11.5 Å². The first-order chi connectivity index (χ1) is 9.38. The SMILES string of the molecule is Cl.Cl.N#CC[C@H](c1ccc2c(c1)OCO2)N1CCNCC1. The number of rotatable bonds is 3. The minimum atomic E-state index is 0. The van der Waals surface area contributed by atoms with Gasteiger partial charge in [-0.15, -0.1) is 24.8 Å². The molecule has 1 N–H and O–H groups in total. The van der Waals surface area contributed by atoms with Crippen molar-refractivity contribution in [2.75, 3.05) is 33.0 Å². The van der Waals surface area contributed by atoms with Crippen molar-refractivity contribution in [2.24, 2.45) is 0 Å². The quantitative estimate of drug-likeness (QED) is 0.919. The van der Waals surface area contributed by atoms with Gasteiger partial charge in [0.05, 0.1) is 12.5 Å². The van der Waals surface area contributed by atoms with E-state index < -0.39 is 0 Å². The van der Waals surface area contributed by atoms with E-state index in [4.69, 9.17) is 14.7 Å². The van der Waals surface area contributed by atoms with Crippen LogP contribution in [0.4, 0.5) is 0 Å². The first-order valence-electron chi connectivity index (χ1n) is 6.60. The van der Waals surface area contributed by atoms with Crippen molar-refractivity contribution in [2.45, 2.75) is 12.5 Å². The summed E-state index contributed by atoms with van der Waals surface area (Å²) >= 11 is 0. The molecule has 0 unspecified atom stereocenters. The summed E-state index contributed by atoms with van der Waals surface area (Å²) < 4.78 is 10.7. The molecule has 0 saturated carbocycles. The van der Waals surface area contributed by atoms with E-state index in [-0.39, 0.29) is 37.6 Å². The lowest BCUT2D eigenvalue weighted by Crippen LogP contribution is -2.45. The van der Waals surface area contributed by atoms with Crippen LogP contribution in [0.2, 0.25) is 0 Å². The van der Waals surface area contributed by atoms with Crippen LogP contribution in [0.1, 0.15) is 18.0 Å². The van der Waals surface area contributed by atoms with Gasteiger partial charge in [-0.2, -0.15) is 5.26 Å². The van der Waals surface area contributed by atoms with E-state index in [2.05, 4.69) is 16.3 Å². The van der Waals surface area contributed by atoms with Crippen LogP contribution < -0.4 is 14.8 Å². The third-order valence-corrected chi connectivity index (χ3v) is 3.66. The lowest BCUT2D eigenvalue weighted by atomic mass is 10.0. The topological polar surface area (TPSA) is 57.5 Å². The van der Waals surface area contributed by atoms with Crippen LogP contribution in [0, 0.1) is 11.3 Å². The maximum atomic E-state index is 9.07. The van der Waals surface area contributed by atoms with Crippen LogP contribution in [-0.4, -0.2) is 37.9 Å². The number of nitrogens with one attached hydrogen (secondary N) is 1. The Bertz CT molecular complexity index is 501. The van der Waals surface area contributed by atoms with Crippen molar-refractivity contribution in [3.63, 3.8) is 0 Å². The molecule has 1 saturated heterocycles. The third kappa shape index (κ3) is 3.92. The number of fused-ring (bicyclic) bond motifs is 1. The molecular weight excluding hydrogens is 313 g/mol. The highest BCUT2D eigenvalue weighted by atomic mass is 35.5. The van der Waals surface area contributed by atoms with Gasteiger partial charge in [0.25, 0.3) is 0 Å². The minimum absolute atomic E-state index is 0. The highest BCUT2D eigenvalue weighted by Crippen LogP contribution is 2.36. The van der Waals surface area contributed by atoms with E-state index in [9.17, 15) is 0 Å². The summed E-state index contributed by atoms with van der Waals surface area (Å²) in [6.07, 6.45) is 0.500. The summed E-state index contributed by atoms with van der Waals surface area (Å²) in [6, 6.07) is 8.42. The number of piperazine rings is 1. The summed E-state index contributed by atoms with van der Waals surface area (Å²) in [5.74, 6) is 1.58. The lowest BCUT2D eigenvalue weighted by Gasteiger charge is -2.34. The molecule has 3 rings (SSSR count). The average Bonchev–Trinajstić information content (AvgIpc) is 2.93. The monoisotopic (exact) mass is 331 g/mol. The summed E-state index contributed by atoms with van der Waals surface area (Å²) in [7, 11) is 0. The summed E-state index contributed by atoms with van der Waals surface area (Å²) in [5, 5.41) is 12.4. The highest BCUT2D eigenvalue weighted by Gasteiger charge is 2.24. The van der Waals surface area contributed by atoms with Crippen LogP contribution >= 0.6 is 24.8 Å². The smallest absolute Gasteiger partial charge is 0.231 e. The summed E-state index contributed by atoms with van der Waals surface area (Å²) in [4.78, 5) is 2.36. The minimum Gasteiger partial charge on any atom is -0.454 e. The molecular formula is C14H19Cl2N3O2. The van der Waals surface area contributed by atoms with E-state index in [1.54, 1.807) is 0 Å². The van der Waals surface area contributed by atoms with Crippen molar-refractivity contribution < 1.29 is 9.47 Å². The van der Waals surface area contributed by atoms with Gasteiger partial charge in [-0.1, -0.05) is 6.07 Å². The molecule has 0 amide bonds. The molecule has 7 heteroatoms. The lowest BCUT2D eigenvalue weighted by molar-refractivity contribution is 0.171. The molecule has 0 aromatic heterocycles. The molecule has 0 bridgehead atoms. The fourth-order valence-corrected chi connectivity index (χ4v) is 2.66. The standard InChI is InChI=1S/C14H17N3O2.2ClH/c15-4-3-12(17-7-5-16-6-8-17)11-1-2-13-14(9-11)19-10-18-13;;/h1-2,9,12,16H,3,5-8,10H2;2*1H/t12-;;/m1../s1. The van der Waals surface area contributed by atoms with Crippen LogP contribution in [0.5, 0.6) is 11.5 Å². The van der Waals surface area contributed by atoms with Gasteiger partial charge < -0.3 is 14.8 Å². The van der Waals surface area contributed by atoms with Crippen molar-refractivity contribution in [3.05, 3.63) is 23.8 Å². The Hall–Kier alpha value is -1.19. The van der Waals surface area contributed by atoms with Crippen LogP contribution in [0.3, 0.4) is 0 Å². The summed E-state index contributed by atoms with van der Waals surface area (Å²) in [6.45, 7) is 4.19. The van der Waals surface area contributed by atoms with Crippen LogP contribution in [-0.2, 0) is 0 Å². The molecule has 2 heterocycles. The molecule has 1 aromatic rings. The van der Waals surface area contributed by atoms with E-state index in [1.165, 1.54) is 0 Å². The van der Waals surface area contributed by atoms with Crippen molar-refractivity contribution in [1.82, 2.24) is 10.2 Å². The number of hydrogen-bond acceptors (Lipinski definition) is 5. The molecule has 21 heavy (non-hydrogen) atoms. The molecule has 0 spiro atoms. The van der Waals surface area contributed by atoms with Gasteiger partial charge in [-0.3, -0.25) is 4.90 Å². The second kappa shape index (κ2) is 8.30. The molecule has 0 radical (unpaired) electrons. The van der Waals surface area contributed by atoms with Crippen molar-refractivity contribution >= 4 is 24.8 Å². The first-order valence-corrected chi connectivity index (χ1v) is 6.60. The fourth-order valence-electron chi connectivity index (χ4n) is 2.66. The van der Waals surface area contributed by atoms with E-state index in [1.807, 2.05) is 18.2 Å². The normalized spacial score (nSPS) is 18.0. The van der Waals surface area contributed by atoms with Crippen molar-refractivity contribution in [1.29, 1.82) is 5.26 Å². The molecule has 5 nitrogen and oxygen atoms in total. The molecule has 0 aliphatic carbocycles. The Labute approximate surface area is 137 Å². The highest BCUT2D eigenvalue weighted by molar-refractivity contribution is 5.85. The second-order valence-corrected chi connectivity index (χ2v) is 4.78. The van der Waals surface area contributed by atoms with Crippen molar-refractivity contribution in [3.8, 4) is 17.6 Å². The predicted molar refractivity (Wildman–Crippen MR) is 84.5 cm³/mol. The Morgan fingerprint density at radius 1 is 1.19 bits per heavy atom. The Morgan fingerprint density at radius 2 is 1.90 bits per heavy atom. The number of halogens is 2. The van der Waals surface area contributed by atoms with E-state index in [0.29, 0.717) is 6.42 Å². The maximum Gasteiger partial charge on any atom is 0.231 e. The predicted octanol–water partition coefficient (Wildman–Crippen LogP) is 2.12. The molecule has 2 aliphatic rings. The zero-order valence-corrected chi connectivity index (χ0v) is 13.2. The number of hydrogen-bond donors (Lipinski definition) is 1. The third-order valence-electron chi connectivity index (χ3n) is 3.66. The van der Waals surface area contributed by atoms with Gasteiger partial charge in [0.2, 0.25) is 6.79 Å². The van der Waals surface area contributed by atoms with Crippen LogP contribution in [0.25, 0.3) is 0 Å². The zero-order chi connectivity index (χ0) is 13.1. The van der Waals surface area contributed by atoms with Gasteiger partial charge in [0.1, 0.15) is 0 Å². The number of benzene rings is 1. The maximum absolute atomic E-state index is 9.07. The molecule has 116 valence electrons. The Morgan fingerprint density at radius 3 is 2.62 bits per heavy atom. The van der Waals surface area contributed by atoms with Gasteiger partial charge in [-0.25, -0.2) is 0 Å². The number of ether oxygens (including phenoxy) is 2. The molecule has 1 aromatic carbocycles. The van der Waals surface area contributed by atoms with Crippen LogP contribution in [0.15, 0.2) is 18.2 Å². The number of nitrogens with zero attached hydrogens (tertiary/aromatic N) is 2. The van der Waals surface area contributed by atoms with Gasteiger partial charge >= 0.3 is 0 Å². The average molecular weight is 332 g/mol. The summed E-state index contributed by atoms with van der Waals surface area (Å²) in [5.41, 5.74) is 1.13. The van der Waals surface area contributed by atoms with E-state index in [0.717, 1.165) is 43.2 Å². The molecule has 1 atom stereocenters. The van der Waals surface area contributed by atoms with Gasteiger partial charge in [-0.05, 0) is 17.7 Å². The Balaban J connectivity index is 0.00000110. The fraction of sp³-hybridized carbons (Fsp3) is 0.500. The second-order valence-electron chi connectivity index (χ2n) is 4.78. The zero-order valence-electron chi connectivity index (χ0n) is 11.6. The molecule has 1 fully saturated rings. The van der Waals surface area contributed by atoms with Gasteiger partial charge in [0, 0.05) is 32.2 Å². The molecule has 2 aliphatic heterocycles. The van der Waals surface area contributed by atoms with E-state index >= 15 is 0 Å². The Kier molecular flexibility index (Phi) is 7.06. The largest absolute Gasteiger partial charge is 0.454 e.